The SMILES string of the molecule is O=c1n(Cl)cc(O)n1Br. The molecule has 1 aromatic heterocycles. The fourth-order valence-electron chi connectivity index (χ4n) is 0.389. The van der Waals surface area contributed by atoms with Crippen LogP contribution in [-0.4, -0.2) is 12.8 Å². The number of nitrogens with zero attached hydrogens (tertiary/aromatic N) is 2. The minimum absolute atomic E-state index is 0.227. The van der Waals surface area contributed by atoms with E-state index in [9.17, 15) is 4.79 Å². The molecule has 6 heteroatoms. The fraction of sp³-hybridized carbons (Fsp3) is 0. The van der Waals surface area contributed by atoms with Crippen molar-refractivity contribution in [2.24, 2.45) is 0 Å². The third-order valence-corrected chi connectivity index (χ3v) is 1.69. The van der Waals surface area contributed by atoms with E-state index in [0.717, 1.165) is 13.9 Å². The van der Waals surface area contributed by atoms with Gasteiger partial charge in [-0.3, -0.25) is 0 Å². The van der Waals surface area contributed by atoms with E-state index >= 15 is 0 Å². The summed E-state index contributed by atoms with van der Waals surface area (Å²) in [5, 5.41) is 8.73. The molecule has 4 nitrogen and oxygen atoms in total. The second-order valence-corrected chi connectivity index (χ2v) is 2.44. The quantitative estimate of drug-likeness (QED) is 0.683. The first-order valence-electron chi connectivity index (χ1n) is 1.98. The molecule has 1 N–H and O–H groups in total. The van der Waals surface area contributed by atoms with Crippen molar-refractivity contribution in [2.45, 2.75) is 0 Å². The highest BCUT2D eigenvalue weighted by molar-refractivity contribution is 9.08. The predicted molar refractivity (Wildman–Crippen MR) is 35.9 cm³/mol. The van der Waals surface area contributed by atoms with E-state index in [0.29, 0.717) is 0 Å². The Bertz CT molecular complexity index is 278. The molecule has 0 spiro atoms. The van der Waals surface area contributed by atoms with Gasteiger partial charge < -0.3 is 5.11 Å². The van der Waals surface area contributed by atoms with Crippen LogP contribution in [0.3, 0.4) is 0 Å². The molecule has 0 amide bonds. The van der Waals surface area contributed by atoms with E-state index in [1.165, 1.54) is 0 Å². The van der Waals surface area contributed by atoms with Crippen LogP contribution in [0.4, 0.5) is 0 Å². The molecule has 0 fully saturated rings. The van der Waals surface area contributed by atoms with Crippen LogP contribution < -0.4 is 5.69 Å². The van der Waals surface area contributed by atoms with Crippen molar-refractivity contribution in [2.75, 3.05) is 0 Å². The van der Waals surface area contributed by atoms with Crippen LogP contribution in [0.15, 0.2) is 11.0 Å². The maximum Gasteiger partial charge on any atom is 0.356 e. The summed E-state index contributed by atoms with van der Waals surface area (Å²) < 4.78 is 1.59. The Kier molecular flexibility index (Phi) is 1.54. The minimum atomic E-state index is -0.533. The molecule has 0 saturated heterocycles. The number of aromatic nitrogens is 2. The van der Waals surface area contributed by atoms with Crippen LogP contribution >= 0.6 is 27.9 Å². The Labute approximate surface area is 63.7 Å². The molecule has 0 aliphatic heterocycles. The summed E-state index contributed by atoms with van der Waals surface area (Å²) >= 11 is 7.98. The van der Waals surface area contributed by atoms with Gasteiger partial charge in [-0.05, 0) is 0 Å². The summed E-state index contributed by atoms with van der Waals surface area (Å²) in [6, 6.07) is 0. The molecule has 0 unspecified atom stereocenters. The molecule has 1 heterocycles. The predicted octanol–water partition coefficient (Wildman–Crippen LogP) is 0.515. The number of rotatable bonds is 0. The fourth-order valence-corrected chi connectivity index (χ4v) is 0.906. The third kappa shape index (κ3) is 0.972. The van der Waals surface area contributed by atoms with Gasteiger partial charge in [-0.2, -0.15) is 3.59 Å². The van der Waals surface area contributed by atoms with Crippen LogP contribution in [-0.2, 0) is 0 Å². The highest BCUT2D eigenvalue weighted by Gasteiger charge is 2.03. The van der Waals surface area contributed by atoms with Crippen LogP contribution in [0.5, 0.6) is 5.88 Å². The number of hydrogen-bond donors (Lipinski definition) is 1. The molecule has 0 radical (unpaired) electrons. The van der Waals surface area contributed by atoms with E-state index in [-0.39, 0.29) is 5.88 Å². The van der Waals surface area contributed by atoms with Crippen LogP contribution in [0.1, 0.15) is 0 Å². The minimum Gasteiger partial charge on any atom is -0.493 e. The lowest BCUT2D eigenvalue weighted by Gasteiger charge is -1.81. The van der Waals surface area contributed by atoms with Gasteiger partial charge in [0.1, 0.15) is 0 Å². The third-order valence-electron chi connectivity index (χ3n) is 0.781. The Morgan fingerprint density at radius 3 is 2.44 bits per heavy atom. The molecule has 1 rings (SSSR count). The molecular formula is C3H2BrClN2O2. The van der Waals surface area contributed by atoms with Crippen molar-refractivity contribution in [1.29, 1.82) is 0 Å². The smallest absolute Gasteiger partial charge is 0.356 e. The molecule has 9 heavy (non-hydrogen) atoms. The summed E-state index contributed by atoms with van der Waals surface area (Å²) in [4.78, 5) is 10.6. The number of halogens is 2. The highest BCUT2D eigenvalue weighted by Crippen LogP contribution is 2.07. The zero-order valence-corrected chi connectivity index (χ0v) is 6.43. The summed E-state index contributed by atoms with van der Waals surface area (Å²) in [5.41, 5.74) is -0.533. The second-order valence-electron chi connectivity index (χ2n) is 1.36. The standard InChI is InChI=1S/C3H2BrClN2O2/c4-7-2(8)1-6(5)3(7)9/h1,8H. The van der Waals surface area contributed by atoms with E-state index in [2.05, 4.69) is 16.1 Å². The first kappa shape index (κ1) is 6.70. The summed E-state index contributed by atoms with van der Waals surface area (Å²) in [6.45, 7) is 0. The maximum atomic E-state index is 10.6. The van der Waals surface area contributed by atoms with Gasteiger partial charge in [-0.15, -0.1) is 0 Å². The van der Waals surface area contributed by atoms with Gasteiger partial charge in [0.25, 0.3) is 0 Å². The van der Waals surface area contributed by atoms with E-state index < -0.39 is 5.69 Å². The van der Waals surface area contributed by atoms with E-state index in [1.54, 1.807) is 0 Å². The highest BCUT2D eigenvalue weighted by atomic mass is 79.9. The molecule has 0 aliphatic carbocycles. The molecule has 0 atom stereocenters. The molecule has 0 saturated carbocycles. The first-order valence-corrected chi connectivity index (χ1v) is 3.03. The molecule has 0 aliphatic rings. The average Bonchev–Trinajstić information content (AvgIpc) is 1.98. The van der Waals surface area contributed by atoms with Gasteiger partial charge in [-0.1, -0.05) is 0 Å². The number of hydrogen-bond acceptors (Lipinski definition) is 2. The maximum absolute atomic E-state index is 10.6. The zero-order valence-electron chi connectivity index (χ0n) is 4.08. The van der Waals surface area contributed by atoms with Crippen molar-refractivity contribution in [1.82, 2.24) is 7.68 Å². The lowest BCUT2D eigenvalue weighted by atomic mass is 10.9. The van der Waals surface area contributed by atoms with Crippen LogP contribution in [0.25, 0.3) is 0 Å². The van der Waals surface area contributed by atoms with Crippen molar-refractivity contribution >= 4 is 27.9 Å². The molecule has 0 bridgehead atoms. The molecule has 1 aromatic rings. The Balaban J connectivity index is 3.48. The van der Waals surface area contributed by atoms with E-state index in [4.69, 9.17) is 16.9 Å². The monoisotopic (exact) mass is 212 g/mol. The normalized spacial score (nSPS) is 10.0. The molecule has 50 valence electrons. The second kappa shape index (κ2) is 2.07. The topological polar surface area (TPSA) is 47.2 Å². The summed E-state index contributed by atoms with van der Waals surface area (Å²) in [7, 11) is 0. The first-order chi connectivity index (χ1) is 4.13. The van der Waals surface area contributed by atoms with Gasteiger partial charge in [0.2, 0.25) is 5.88 Å². The number of aromatic hydroxyl groups is 1. The number of imidazole rings is 1. The van der Waals surface area contributed by atoms with E-state index in [1.807, 2.05) is 0 Å². The van der Waals surface area contributed by atoms with Gasteiger partial charge in [0.15, 0.2) is 0 Å². The van der Waals surface area contributed by atoms with Crippen LogP contribution in [0.2, 0.25) is 0 Å². The Hall–Kier alpha value is -0.420. The van der Waals surface area contributed by atoms with Gasteiger partial charge in [0, 0.05) is 11.8 Å². The Morgan fingerprint density at radius 2 is 2.33 bits per heavy atom. The lowest BCUT2D eigenvalue weighted by molar-refractivity contribution is 0.451. The zero-order chi connectivity index (χ0) is 7.02. The Morgan fingerprint density at radius 1 is 1.78 bits per heavy atom. The summed E-state index contributed by atoms with van der Waals surface area (Å²) in [6.07, 6.45) is 1.08. The van der Waals surface area contributed by atoms with Crippen molar-refractivity contribution in [3.63, 3.8) is 0 Å². The average molecular weight is 213 g/mol. The van der Waals surface area contributed by atoms with Crippen molar-refractivity contribution < 1.29 is 5.11 Å². The lowest BCUT2D eigenvalue weighted by Crippen LogP contribution is -2.12. The van der Waals surface area contributed by atoms with Gasteiger partial charge >= 0.3 is 5.69 Å². The van der Waals surface area contributed by atoms with Gasteiger partial charge in [-0.25, -0.2) is 8.88 Å². The summed E-state index contributed by atoms with van der Waals surface area (Å²) in [5.74, 6) is -0.227. The van der Waals surface area contributed by atoms with Gasteiger partial charge in [0.05, 0.1) is 22.3 Å². The largest absolute Gasteiger partial charge is 0.493 e. The van der Waals surface area contributed by atoms with Crippen molar-refractivity contribution in [3.05, 3.63) is 16.7 Å². The molecule has 0 aromatic carbocycles. The van der Waals surface area contributed by atoms with Crippen LogP contribution in [0, 0.1) is 0 Å². The van der Waals surface area contributed by atoms with Crippen molar-refractivity contribution in [3.8, 4) is 5.88 Å². The molecular weight excluding hydrogens is 211 g/mol.